The van der Waals surface area contributed by atoms with E-state index < -0.39 is 5.82 Å². The maximum Gasteiger partial charge on any atom is 0.165 e. The number of benzene rings is 1. The summed E-state index contributed by atoms with van der Waals surface area (Å²) < 4.78 is 13.5. The highest BCUT2D eigenvalue weighted by Crippen LogP contribution is 2.25. The molecule has 21 heavy (non-hydrogen) atoms. The number of hydrogen-bond acceptors (Lipinski definition) is 4. The first-order valence-corrected chi connectivity index (χ1v) is 7.17. The van der Waals surface area contributed by atoms with E-state index in [4.69, 9.17) is 0 Å². The van der Waals surface area contributed by atoms with E-state index in [-0.39, 0.29) is 5.75 Å². The van der Waals surface area contributed by atoms with E-state index in [1.165, 1.54) is 12.1 Å². The van der Waals surface area contributed by atoms with Crippen LogP contribution >= 0.6 is 0 Å². The Hall–Kier alpha value is -2.17. The van der Waals surface area contributed by atoms with E-state index in [0.29, 0.717) is 11.4 Å². The van der Waals surface area contributed by atoms with E-state index >= 15 is 0 Å². The number of nitrogens with zero attached hydrogens (tertiary/aromatic N) is 2. The van der Waals surface area contributed by atoms with Crippen LogP contribution in [0.1, 0.15) is 31.5 Å². The molecule has 0 atom stereocenters. The zero-order chi connectivity index (χ0) is 15.4. The summed E-state index contributed by atoms with van der Waals surface area (Å²) in [6.45, 7) is 6.92. The minimum absolute atomic E-state index is 0.370. The van der Waals surface area contributed by atoms with Crippen molar-refractivity contribution in [1.29, 1.82) is 0 Å². The fraction of sp³-hybridized carbons (Fsp3) is 0.375. The molecular formula is C16H20FN3O. The molecule has 0 aliphatic carbocycles. The van der Waals surface area contributed by atoms with E-state index in [9.17, 15) is 9.50 Å². The molecule has 5 heteroatoms. The van der Waals surface area contributed by atoms with Crippen molar-refractivity contribution >= 4 is 5.82 Å². The second-order valence-corrected chi connectivity index (χ2v) is 4.91. The smallest absolute Gasteiger partial charge is 0.165 e. The Bertz CT molecular complexity index is 644. The van der Waals surface area contributed by atoms with Crippen molar-refractivity contribution in [3.8, 4) is 17.1 Å². The first kappa shape index (κ1) is 15.2. The number of nitrogens with one attached hydrogen (secondary N) is 1. The van der Waals surface area contributed by atoms with Gasteiger partial charge in [0.2, 0.25) is 0 Å². The molecule has 0 spiro atoms. The van der Waals surface area contributed by atoms with Gasteiger partial charge in [-0.15, -0.1) is 0 Å². The van der Waals surface area contributed by atoms with Crippen molar-refractivity contribution < 1.29 is 9.50 Å². The van der Waals surface area contributed by atoms with Crippen molar-refractivity contribution in [3.05, 3.63) is 35.3 Å². The van der Waals surface area contributed by atoms with Crippen molar-refractivity contribution in [3.63, 3.8) is 0 Å². The minimum Gasteiger partial charge on any atom is -0.505 e. The standard InChI is InChI=1S/C16H20FN3O/c1-4-8-18-15-10(3)13(5-2)19-16(20-15)11-6-7-14(21)12(17)9-11/h6-7,9,21H,4-5,8H2,1-3H3,(H,18,19,20). The molecule has 1 heterocycles. The van der Waals surface area contributed by atoms with Gasteiger partial charge in [0.1, 0.15) is 5.82 Å². The molecule has 2 N–H and O–H groups in total. The normalized spacial score (nSPS) is 10.7. The van der Waals surface area contributed by atoms with Gasteiger partial charge in [0.15, 0.2) is 17.4 Å². The van der Waals surface area contributed by atoms with Gasteiger partial charge < -0.3 is 10.4 Å². The molecule has 1 aromatic heterocycles. The second-order valence-electron chi connectivity index (χ2n) is 4.91. The Kier molecular flexibility index (Phi) is 4.73. The van der Waals surface area contributed by atoms with Crippen molar-refractivity contribution in [1.82, 2.24) is 9.97 Å². The topological polar surface area (TPSA) is 58.0 Å². The van der Waals surface area contributed by atoms with Crippen LogP contribution in [-0.2, 0) is 6.42 Å². The van der Waals surface area contributed by atoms with Crippen molar-refractivity contribution in [2.24, 2.45) is 0 Å². The predicted molar refractivity (Wildman–Crippen MR) is 82.0 cm³/mol. The molecule has 0 amide bonds. The van der Waals surface area contributed by atoms with Gasteiger partial charge in [0.25, 0.3) is 0 Å². The van der Waals surface area contributed by atoms with Gasteiger partial charge in [0, 0.05) is 23.4 Å². The zero-order valence-electron chi connectivity index (χ0n) is 12.6. The number of hydrogen-bond donors (Lipinski definition) is 2. The lowest BCUT2D eigenvalue weighted by Crippen LogP contribution is -2.08. The number of phenolic OH excluding ortho intramolecular Hbond substituents is 1. The van der Waals surface area contributed by atoms with Crippen LogP contribution in [-0.4, -0.2) is 21.6 Å². The number of phenols is 1. The first-order chi connectivity index (χ1) is 10.1. The lowest BCUT2D eigenvalue weighted by molar-refractivity contribution is 0.432. The average Bonchev–Trinajstić information content (AvgIpc) is 2.49. The number of anilines is 1. The van der Waals surface area contributed by atoms with Crippen LogP contribution in [0.4, 0.5) is 10.2 Å². The molecule has 0 aliphatic heterocycles. The molecule has 0 aliphatic rings. The maximum atomic E-state index is 13.5. The van der Waals surface area contributed by atoms with Crippen LogP contribution < -0.4 is 5.32 Å². The van der Waals surface area contributed by atoms with E-state index in [1.54, 1.807) is 6.07 Å². The molecule has 2 aromatic rings. The van der Waals surface area contributed by atoms with Gasteiger partial charge in [-0.3, -0.25) is 0 Å². The summed E-state index contributed by atoms with van der Waals surface area (Å²) in [5, 5.41) is 12.6. The van der Waals surface area contributed by atoms with E-state index in [0.717, 1.165) is 36.5 Å². The summed E-state index contributed by atoms with van der Waals surface area (Å²) in [6, 6.07) is 4.19. The van der Waals surface area contributed by atoms with Crippen LogP contribution in [0.2, 0.25) is 0 Å². The molecule has 0 unspecified atom stereocenters. The summed E-state index contributed by atoms with van der Waals surface area (Å²) in [5.41, 5.74) is 2.51. The van der Waals surface area contributed by atoms with Gasteiger partial charge in [-0.25, -0.2) is 14.4 Å². The van der Waals surface area contributed by atoms with Crippen LogP contribution in [0, 0.1) is 12.7 Å². The summed E-state index contributed by atoms with van der Waals surface area (Å²) in [5.74, 6) is 0.214. The largest absolute Gasteiger partial charge is 0.505 e. The van der Waals surface area contributed by atoms with Gasteiger partial charge >= 0.3 is 0 Å². The molecule has 4 nitrogen and oxygen atoms in total. The van der Waals surface area contributed by atoms with Crippen LogP contribution in [0.5, 0.6) is 5.75 Å². The molecule has 0 fully saturated rings. The SMILES string of the molecule is CCCNc1nc(-c2ccc(O)c(F)c2)nc(CC)c1C. The Morgan fingerprint density at radius 2 is 2.00 bits per heavy atom. The summed E-state index contributed by atoms with van der Waals surface area (Å²) in [4.78, 5) is 8.99. The molecule has 2 rings (SSSR count). The summed E-state index contributed by atoms with van der Waals surface area (Å²) in [7, 11) is 0. The van der Waals surface area contributed by atoms with E-state index in [2.05, 4.69) is 22.2 Å². The molecular weight excluding hydrogens is 269 g/mol. The highest BCUT2D eigenvalue weighted by atomic mass is 19.1. The lowest BCUT2D eigenvalue weighted by Gasteiger charge is -2.13. The first-order valence-electron chi connectivity index (χ1n) is 7.17. The summed E-state index contributed by atoms with van der Waals surface area (Å²) >= 11 is 0. The molecule has 112 valence electrons. The number of aromatic nitrogens is 2. The highest BCUT2D eigenvalue weighted by molar-refractivity contribution is 5.60. The quantitative estimate of drug-likeness (QED) is 0.881. The van der Waals surface area contributed by atoms with Crippen LogP contribution in [0.25, 0.3) is 11.4 Å². The Morgan fingerprint density at radius 3 is 2.62 bits per heavy atom. The number of rotatable bonds is 5. The third-order valence-corrected chi connectivity index (χ3v) is 3.33. The number of halogens is 1. The van der Waals surface area contributed by atoms with Crippen LogP contribution in [0.15, 0.2) is 18.2 Å². The van der Waals surface area contributed by atoms with E-state index in [1.807, 2.05) is 13.8 Å². The highest BCUT2D eigenvalue weighted by Gasteiger charge is 2.12. The van der Waals surface area contributed by atoms with Crippen molar-refractivity contribution in [2.45, 2.75) is 33.6 Å². The molecule has 0 saturated carbocycles. The molecule has 1 aromatic carbocycles. The fourth-order valence-electron chi connectivity index (χ4n) is 2.10. The molecule has 0 bridgehead atoms. The third kappa shape index (κ3) is 3.29. The zero-order valence-corrected chi connectivity index (χ0v) is 12.6. The Labute approximate surface area is 124 Å². The molecule has 0 radical (unpaired) electrons. The minimum atomic E-state index is -0.669. The molecule has 0 saturated heterocycles. The monoisotopic (exact) mass is 289 g/mol. The maximum absolute atomic E-state index is 13.5. The van der Waals surface area contributed by atoms with Gasteiger partial charge in [-0.2, -0.15) is 0 Å². The number of aromatic hydroxyl groups is 1. The second kappa shape index (κ2) is 6.52. The number of aryl methyl sites for hydroxylation is 1. The lowest BCUT2D eigenvalue weighted by atomic mass is 10.1. The Balaban J connectivity index is 2.49. The third-order valence-electron chi connectivity index (χ3n) is 3.33. The van der Waals surface area contributed by atoms with Crippen molar-refractivity contribution in [2.75, 3.05) is 11.9 Å². The van der Waals surface area contributed by atoms with Gasteiger partial charge in [-0.05, 0) is 38.0 Å². The summed E-state index contributed by atoms with van der Waals surface area (Å²) in [6.07, 6.45) is 1.77. The Morgan fingerprint density at radius 1 is 1.24 bits per heavy atom. The predicted octanol–water partition coefficient (Wildman–Crippen LogP) is 3.68. The van der Waals surface area contributed by atoms with Crippen LogP contribution in [0.3, 0.4) is 0 Å². The van der Waals surface area contributed by atoms with Gasteiger partial charge in [0.05, 0.1) is 0 Å². The average molecular weight is 289 g/mol. The fourth-order valence-corrected chi connectivity index (χ4v) is 2.10. The van der Waals surface area contributed by atoms with Gasteiger partial charge in [-0.1, -0.05) is 13.8 Å².